The zero-order valence-electron chi connectivity index (χ0n) is 15.6. The molecule has 144 valence electrons. The molecule has 1 aromatic heterocycles. The van der Waals surface area contributed by atoms with Crippen LogP contribution < -0.4 is 15.6 Å². The van der Waals surface area contributed by atoms with Gasteiger partial charge in [-0.05, 0) is 43.2 Å². The van der Waals surface area contributed by atoms with Gasteiger partial charge in [-0.15, -0.1) is 0 Å². The standard InChI is InChI=1S/C21H21N3O4/c1-27-19-7-3-2-6-18(19)24-13-23-17-11-14(8-9-16(17)21(24)26)20(25)22-12-15-5-4-10-28-15/h2-3,6-9,11,13,15H,4-5,10,12H2,1H3,(H,22,25)/t15-/m1/s1. The Hall–Kier alpha value is -3.19. The Morgan fingerprint density at radius 2 is 2.18 bits per heavy atom. The zero-order valence-corrected chi connectivity index (χ0v) is 15.6. The van der Waals surface area contributed by atoms with Crippen molar-refractivity contribution in [3.63, 3.8) is 0 Å². The molecular weight excluding hydrogens is 358 g/mol. The van der Waals surface area contributed by atoms with Gasteiger partial charge in [-0.2, -0.15) is 0 Å². The summed E-state index contributed by atoms with van der Waals surface area (Å²) in [6.45, 7) is 1.23. The van der Waals surface area contributed by atoms with Crippen LogP contribution in [0.15, 0.2) is 53.6 Å². The summed E-state index contributed by atoms with van der Waals surface area (Å²) in [5.41, 5.74) is 1.33. The third kappa shape index (κ3) is 3.48. The van der Waals surface area contributed by atoms with Crippen LogP contribution >= 0.6 is 0 Å². The molecule has 0 aliphatic carbocycles. The largest absolute Gasteiger partial charge is 0.495 e. The maximum atomic E-state index is 12.9. The van der Waals surface area contributed by atoms with Gasteiger partial charge in [-0.3, -0.25) is 14.2 Å². The minimum absolute atomic E-state index is 0.0792. The van der Waals surface area contributed by atoms with Crippen LogP contribution in [0.3, 0.4) is 0 Å². The van der Waals surface area contributed by atoms with Gasteiger partial charge in [-0.25, -0.2) is 4.98 Å². The molecule has 0 radical (unpaired) electrons. The first-order valence-electron chi connectivity index (χ1n) is 9.22. The first-order valence-corrected chi connectivity index (χ1v) is 9.22. The highest BCUT2D eigenvalue weighted by Gasteiger charge is 2.17. The van der Waals surface area contributed by atoms with E-state index in [0.29, 0.717) is 34.4 Å². The topological polar surface area (TPSA) is 82.5 Å². The van der Waals surface area contributed by atoms with Gasteiger partial charge in [0.05, 0.1) is 29.8 Å². The van der Waals surface area contributed by atoms with Gasteiger partial charge >= 0.3 is 0 Å². The van der Waals surface area contributed by atoms with E-state index < -0.39 is 0 Å². The Bertz CT molecular complexity index is 1070. The van der Waals surface area contributed by atoms with Crippen molar-refractivity contribution in [3.8, 4) is 11.4 Å². The van der Waals surface area contributed by atoms with E-state index in [2.05, 4.69) is 10.3 Å². The van der Waals surface area contributed by atoms with Crippen LogP contribution in [0.5, 0.6) is 5.75 Å². The minimum atomic E-state index is -0.221. The molecule has 1 aliphatic heterocycles. The van der Waals surface area contributed by atoms with E-state index in [9.17, 15) is 9.59 Å². The maximum absolute atomic E-state index is 12.9. The number of hydrogen-bond acceptors (Lipinski definition) is 5. The molecule has 4 rings (SSSR count). The molecule has 7 nitrogen and oxygen atoms in total. The number of nitrogens with one attached hydrogen (secondary N) is 1. The number of aromatic nitrogens is 2. The Balaban J connectivity index is 1.62. The van der Waals surface area contributed by atoms with Gasteiger partial charge in [0.2, 0.25) is 0 Å². The van der Waals surface area contributed by atoms with Gasteiger partial charge in [0.25, 0.3) is 11.5 Å². The van der Waals surface area contributed by atoms with Crippen LogP contribution in [0.2, 0.25) is 0 Å². The summed E-state index contributed by atoms with van der Waals surface area (Å²) in [4.78, 5) is 29.7. The average Bonchev–Trinajstić information content (AvgIpc) is 3.26. The van der Waals surface area contributed by atoms with Crippen molar-refractivity contribution >= 4 is 16.8 Å². The van der Waals surface area contributed by atoms with Crippen LogP contribution in [-0.4, -0.2) is 41.8 Å². The molecule has 3 aromatic rings. The van der Waals surface area contributed by atoms with Crippen molar-refractivity contribution in [2.75, 3.05) is 20.3 Å². The van der Waals surface area contributed by atoms with Crippen molar-refractivity contribution in [1.29, 1.82) is 0 Å². The molecule has 2 heterocycles. The minimum Gasteiger partial charge on any atom is -0.495 e. The van der Waals surface area contributed by atoms with Crippen molar-refractivity contribution in [2.45, 2.75) is 18.9 Å². The molecule has 1 fully saturated rings. The summed E-state index contributed by atoms with van der Waals surface area (Å²) in [6.07, 6.45) is 3.52. The third-order valence-corrected chi connectivity index (χ3v) is 4.88. The van der Waals surface area contributed by atoms with Gasteiger partial charge < -0.3 is 14.8 Å². The molecule has 1 N–H and O–H groups in total. The van der Waals surface area contributed by atoms with Gasteiger partial charge in [-0.1, -0.05) is 12.1 Å². The van der Waals surface area contributed by atoms with Crippen LogP contribution in [0.1, 0.15) is 23.2 Å². The number of carbonyl (C=O) groups is 1. The maximum Gasteiger partial charge on any atom is 0.265 e. The number of hydrogen-bond donors (Lipinski definition) is 1. The van der Waals surface area contributed by atoms with E-state index in [0.717, 1.165) is 19.4 Å². The summed E-state index contributed by atoms with van der Waals surface area (Å²) in [7, 11) is 1.56. The third-order valence-electron chi connectivity index (χ3n) is 4.88. The van der Waals surface area contributed by atoms with E-state index >= 15 is 0 Å². The molecule has 1 atom stereocenters. The molecule has 1 aliphatic rings. The monoisotopic (exact) mass is 379 g/mol. The number of methoxy groups -OCH3 is 1. The molecule has 1 saturated heterocycles. The predicted octanol–water partition coefficient (Wildman–Crippen LogP) is 2.30. The molecule has 0 saturated carbocycles. The summed E-state index contributed by atoms with van der Waals surface area (Å²) in [5, 5.41) is 3.32. The van der Waals surface area contributed by atoms with Crippen molar-refractivity contribution in [2.24, 2.45) is 0 Å². The smallest absolute Gasteiger partial charge is 0.265 e. The van der Waals surface area contributed by atoms with Crippen molar-refractivity contribution < 1.29 is 14.3 Å². The lowest BCUT2D eigenvalue weighted by Gasteiger charge is -2.12. The number of benzene rings is 2. The number of rotatable bonds is 5. The number of nitrogens with zero attached hydrogens (tertiary/aromatic N) is 2. The quantitative estimate of drug-likeness (QED) is 0.736. The lowest BCUT2D eigenvalue weighted by Crippen LogP contribution is -2.31. The summed E-state index contributed by atoms with van der Waals surface area (Å²) in [6, 6.07) is 12.2. The molecule has 2 aromatic carbocycles. The van der Waals surface area contributed by atoms with E-state index in [1.165, 1.54) is 10.9 Å². The van der Waals surface area contributed by atoms with Crippen LogP contribution in [0.25, 0.3) is 16.6 Å². The highest BCUT2D eigenvalue weighted by atomic mass is 16.5. The molecule has 1 amide bonds. The fourth-order valence-electron chi connectivity index (χ4n) is 3.38. The van der Waals surface area contributed by atoms with Gasteiger partial charge in [0.1, 0.15) is 12.1 Å². The Morgan fingerprint density at radius 3 is 2.96 bits per heavy atom. The highest BCUT2D eigenvalue weighted by molar-refractivity contribution is 5.97. The average molecular weight is 379 g/mol. The van der Waals surface area contributed by atoms with E-state index in [1.54, 1.807) is 37.4 Å². The Kier molecular flexibility index (Phi) is 5.08. The Morgan fingerprint density at radius 1 is 1.32 bits per heavy atom. The lowest BCUT2D eigenvalue weighted by atomic mass is 10.1. The number of fused-ring (bicyclic) bond motifs is 1. The predicted molar refractivity (Wildman–Crippen MR) is 105 cm³/mol. The molecule has 0 spiro atoms. The van der Waals surface area contributed by atoms with Crippen LogP contribution in [0.4, 0.5) is 0 Å². The molecule has 0 bridgehead atoms. The zero-order chi connectivity index (χ0) is 19.5. The summed E-state index contributed by atoms with van der Waals surface area (Å²) < 4.78 is 12.3. The van der Waals surface area contributed by atoms with Crippen molar-refractivity contribution in [1.82, 2.24) is 14.9 Å². The fraction of sp³-hybridized carbons (Fsp3) is 0.286. The second-order valence-corrected chi connectivity index (χ2v) is 6.67. The number of para-hydroxylation sites is 2. The first-order chi connectivity index (χ1) is 13.7. The molecular formula is C21H21N3O4. The molecule has 7 heteroatoms. The second-order valence-electron chi connectivity index (χ2n) is 6.67. The molecule has 0 unspecified atom stereocenters. The number of amides is 1. The summed E-state index contributed by atoms with van der Waals surface area (Å²) in [5.74, 6) is 0.379. The number of carbonyl (C=O) groups excluding carboxylic acids is 1. The Labute approximate surface area is 161 Å². The summed E-state index contributed by atoms with van der Waals surface area (Å²) >= 11 is 0. The van der Waals surface area contributed by atoms with Gasteiger partial charge in [0.15, 0.2) is 0 Å². The highest BCUT2D eigenvalue weighted by Crippen LogP contribution is 2.21. The number of ether oxygens (including phenoxy) is 2. The van der Waals surface area contributed by atoms with Crippen LogP contribution in [0, 0.1) is 0 Å². The van der Waals surface area contributed by atoms with Gasteiger partial charge in [0, 0.05) is 18.7 Å². The van der Waals surface area contributed by atoms with E-state index in [4.69, 9.17) is 9.47 Å². The van der Waals surface area contributed by atoms with Crippen LogP contribution in [-0.2, 0) is 4.74 Å². The van der Waals surface area contributed by atoms with E-state index in [1.807, 2.05) is 12.1 Å². The normalized spacial score (nSPS) is 16.2. The van der Waals surface area contributed by atoms with E-state index in [-0.39, 0.29) is 17.6 Å². The first kappa shape index (κ1) is 18.2. The SMILES string of the molecule is COc1ccccc1-n1cnc2cc(C(=O)NC[C@H]3CCCO3)ccc2c1=O. The molecule has 28 heavy (non-hydrogen) atoms. The fourth-order valence-corrected chi connectivity index (χ4v) is 3.38. The lowest BCUT2D eigenvalue weighted by molar-refractivity contribution is 0.0858. The van der Waals surface area contributed by atoms with Crippen molar-refractivity contribution in [3.05, 3.63) is 64.7 Å². The second kappa shape index (κ2) is 7.82.